The summed E-state index contributed by atoms with van der Waals surface area (Å²) in [4.78, 5) is 24.4. The Hall–Kier alpha value is -2.40. The molecule has 0 amide bonds. The third kappa shape index (κ3) is 48.3. The standard InChI is InChI=1S/C55H98O5/c1-3-5-7-9-11-13-15-17-19-21-22-23-24-25-26-27-28-29-30-31-32-34-35-37-39-41-43-45-47-49-54(57)59-52-53(51-56)60-55(58)50-48-46-44-42-40-38-36-33-20-18-16-14-12-10-8-6-4-2/h6,8,12,14-15,17-18,20-22,53,56H,3-5,7,9-11,13,16,19,23-52H2,1-2H3/b8-6-,14-12-,17-15-,20-18-,22-21-. The smallest absolute Gasteiger partial charge is 0.306 e. The van der Waals surface area contributed by atoms with E-state index in [4.69, 9.17) is 9.47 Å². The molecule has 0 saturated carbocycles. The van der Waals surface area contributed by atoms with Gasteiger partial charge in [0.1, 0.15) is 6.61 Å². The minimum absolute atomic E-state index is 0.0695. The number of allylic oxidation sites excluding steroid dienone is 10. The van der Waals surface area contributed by atoms with Gasteiger partial charge in [-0.1, -0.05) is 229 Å². The third-order valence-electron chi connectivity index (χ3n) is 11.3. The maximum Gasteiger partial charge on any atom is 0.306 e. The van der Waals surface area contributed by atoms with E-state index in [1.54, 1.807) is 0 Å². The van der Waals surface area contributed by atoms with Crippen LogP contribution in [0.4, 0.5) is 0 Å². The summed E-state index contributed by atoms with van der Waals surface area (Å²) in [5, 5.41) is 9.62. The van der Waals surface area contributed by atoms with Gasteiger partial charge in [0.25, 0.3) is 0 Å². The number of carbonyl (C=O) groups is 2. The molecule has 0 aromatic carbocycles. The van der Waals surface area contributed by atoms with E-state index in [0.29, 0.717) is 12.8 Å². The van der Waals surface area contributed by atoms with Gasteiger partial charge in [-0.2, -0.15) is 0 Å². The van der Waals surface area contributed by atoms with Crippen LogP contribution in [0.3, 0.4) is 0 Å². The number of carbonyl (C=O) groups excluding carboxylic acids is 2. The Labute approximate surface area is 372 Å². The van der Waals surface area contributed by atoms with Gasteiger partial charge in [0.15, 0.2) is 6.10 Å². The fraction of sp³-hybridized carbons (Fsp3) is 0.782. The van der Waals surface area contributed by atoms with Crippen LogP contribution in [0.1, 0.15) is 258 Å². The van der Waals surface area contributed by atoms with Crippen LogP contribution in [0, 0.1) is 0 Å². The van der Waals surface area contributed by atoms with Gasteiger partial charge in [0, 0.05) is 12.8 Å². The van der Waals surface area contributed by atoms with E-state index in [0.717, 1.165) is 70.6 Å². The number of esters is 2. The van der Waals surface area contributed by atoms with Crippen molar-refractivity contribution in [1.82, 2.24) is 0 Å². The van der Waals surface area contributed by atoms with Gasteiger partial charge in [-0.25, -0.2) is 0 Å². The van der Waals surface area contributed by atoms with Crippen LogP contribution in [0.2, 0.25) is 0 Å². The molecule has 60 heavy (non-hydrogen) atoms. The first-order chi connectivity index (χ1) is 29.6. The maximum absolute atomic E-state index is 12.2. The van der Waals surface area contributed by atoms with Crippen LogP contribution in [-0.4, -0.2) is 36.4 Å². The van der Waals surface area contributed by atoms with E-state index in [1.165, 1.54) is 161 Å². The first-order valence-corrected chi connectivity index (χ1v) is 25.8. The van der Waals surface area contributed by atoms with E-state index < -0.39 is 6.10 Å². The molecule has 0 heterocycles. The van der Waals surface area contributed by atoms with E-state index >= 15 is 0 Å². The van der Waals surface area contributed by atoms with Crippen LogP contribution in [0.15, 0.2) is 60.8 Å². The van der Waals surface area contributed by atoms with Crippen molar-refractivity contribution in [3.05, 3.63) is 60.8 Å². The molecule has 0 aliphatic rings. The molecule has 348 valence electrons. The lowest BCUT2D eigenvalue weighted by atomic mass is 10.0. The lowest BCUT2D eigenvalue weighted by Gasteiger charge is -2.15. The highest BCUT2D eigenvalue weighted by atomic mass is 16.6. The normalized spacial score (nSPS) is 12.7. The minimum atomic E-state index is -0.778. The van der Waals surface area contributed by atoms with Gasteiger partial charge in [0.05, 0.1) is 6.61 Å². The lowest BCUT2D eigenvalue weighted by molar-refractivity contribution is -0.161. The van der Waals surface area contributed by atoms with Crippen LogP contribution >= 0.6 is 0 Å². The monoisotopic (exact) mass is 839 g/mol. The zero-order valence-electron chi connectivity index (χ0n) is 39.7. The Morgan fingerprint density at radius 3 is 1.08 bits per heavy atom. The fourth-order valence-corrected chi connectivity index (χ4v) is 7.42. The molecule has 0 fully saturated rings. The summed E-state index contributed by atoms with van der Waals surface area (Å²) < 4.78 is 10.7. The molecule has 5 nitrogen and oxygen atoms in total. The molecule has 0 spiro atoms. The first kappa shape index (κ1) is 57.6. The summed E-state index contributed by atoms with van der Waals surface area (Å²) in [5.41, 5.74) is 0. The number of rotatable bonds is 47. The molecule has 0 aliphatic carbocycles. The third-order valence-corrected chi connectivity index (χ3v) is 11.3. The molecule has 1 atom stereocenters. The van der Waals surface area contributed by atoms with E-state index in [-0.39, 0.29) is 25.2 Å². The number of unbranched alkanes of at least 4 members (excludes halogenated alkanes) is 29. The molecule has 1 N–H and O–H groups in total. The van der Waals surface area contributed by atoms with Crippen LogP contribution in [0.5, 0.6) is 0 Å². The number of hydrogen-bond acceptors (Lipinski definition) is 5. The molecule has 1 unspecified atom stereocenters. The number of hydrogen-bond donors (Lipinski definition) is 1. The largest absolute Gasteiger partial charge is 0.462 e. The van der Waals surface area contributed by atoms with E-state index in [2.05, 4.69) is 74.6 Å². The fourth-order valence-electron chi connectivity index (χ4n) is 7.42. The van der Waals surface area contributed by atoms with Crippen molar-refractivity contribution in [2.24, 2.45) is 0 Å². The Morgan fingerprint density at radius 2 is 0.717 bits per heavy atom. The molecule has 0 aliphatic heterocycles. The molecule has 0 aromatic rings. The number of aliphatic hydroxyl groups is 1. The Morgan fingerprint density at radius 1 is 0.400 bits per heavy atom. The molecule has 0 saturated heterocycles. The Bertz CT molecular complexity index is 1040. The first-order valence-electron chi connectivity index (χ1n) is 25.8. The van der Waals surface area contributed by atoms with Crippen molar-refractivity contribution in [3.8, 4) is 0 Å². The maximum atomic E-state index is 12.2. The Kier molecular flexibility index (Phi) is 48.9. The average molecular weight is 839 g/mol. The zero-order valence-corrected chi connectivity index (χ0v) is 39.7. The van der Waals surface area contributed by atoms with Crippen molar-refractivity contribution < 1.29 is 24.2 Å². The lowest BCUT2D eigenvalue weighted by Crippen LogP contribution is -2.28. The molecular formula is C55H98O5. The summed E-state index contributed by atoms with van der Waals surface area (Å²) in [5.74, 6) is -0.596. The van der Waals surface area contributed by atoms with Crippen LogP contribution in [0.25, 0.3) is 0 Å². The number of aliphatic hydroxyl groups excluding tert-OH is 1. The molecule has 5 heteroatoms. The minimum Gasteiger partial charge on any atom is -0.462 e. The summed E-state index contributed by atoms with van der Waals surface area (Å²) in [6, 6.07) is 0. The second-order valence-electron chi connectivity index (χ2n) is 17.2. The molecule has 0 rings (SSSR count). The topological polar surface area (TPSA) is 72.8 Å². The van der Waals surface area contributed by atoms with Gasteiger partial charge in [0.2, 0.25) is 0 Å². The van der Waals surface area contributed by atoms with Gasteiger partial charge < -0.3 is 14.6 Å². The highest BCUT2D eigenvalue weighted by Crippen LogP contribution is 2.16. The van der Waals surface area contributed by atoms with Crippen LogP contribution < -0.4 is 0 Å². The molecular weight excluding hydrogens is 741 g/mol. The van der Waals surface area contributed by atoms with Gasteiger partial charge in [-0.3, -0.25) is 9.59 Å². The molecule has 0 aromatic heterocycles. The average Bonchev–Trinajstić information content (AvgIpc) is 3.25. The number of ether oxygens (including phenoxy) is 2. The van der Waals surface area contributed by atoms with Gasteiger partial charge in [-0.15, -0.1) is 0 Å². The van der Waals surface area contributed by atoms with Crippen molar-refractivity contribution in [2.45, 2.75) is 264 Å². The summed E-state index contributed by atoms with van der Waals surface area (Å²) in [6.07, 6.45) is 67.5. The van der Waals surface area contributed by atoms with E-state index in [9.17, 15) is 14.7 Å². The van der Waals surface area contributed by atoms with Gasteiger partial charge in [-0.05, 0) is 77.0 Å². The Balaban J connectivity index is 3.46. The highest BCUT2D eigenvalue weighted by molar-refractivity contribution is 5.70. The predicted octanol–water partition coefficient (Wildman–Crippen LogP) is 17.1. The van der Waals surface area contributed by atoms with Crippen molar-refractivity contribution in [1.29, 1.82) is 0 Å². The zero-order chi connectivity index (χ0) is 43.5. The van der Waals surface area contributed by atoms with Crippen LogP contribution in [-0.2, 0) is 19.1 Å². The second-order valence-corrected chi connectivity index (χ2v) is 17.2. The highest BCUT2D eigenvalue weighted by Gasteiger charge is 2.16. The summed E-state index contributed by atoms with van der Waals surface area (Å²) in [7, 11) is 0. The van der Waals surface area contributed by atoms with Crippen molar-refractivity contribution >= 4 is 11.9 Å². The second kappa shape index (κ2) is 51.0. The summed E-state index contributed by atoms with van der Waals surface area (Å²) in [6.45, 7) is 4.03. The summed E-state index contributed by atoms with van der Waals surface area (Å²) >= 11 is 0. The predicted molar refractivity (Wildman–Crippen MR) is 260 cm³/mol. The van der Waals surface area contributed by atoms with Gasteiger partial charge >= 0.3 is 11.9 Å². The SMILES string of the molecule is CC/C=C\C/C=C\C/C=C\CCCCCCCCCC(=O)OC(CO)COC(=O)CCCCCCCCCCCCCCCCCCC/C=C\C/C=C\CCCCCCC. The van der Waals surface area contributed by atoms with Crippen molar-refractivity contribution in [3.63, 3.8) is 0 Å². The van der Waals surface area contributed by atoms with Crippen molar-refractivity contribution in [2.75, 3.05) is 13.2 Å². The molecule has 0 bridgehead atoms. The quantitative estimate of drug-likeness (QED) is 0.0375. The van der Waals surface area contributed by atoms with E-state index in [1.807, 2.05) is 0 Å². The molecule has 0 radical (unpaired) electrons.